The van der Waals surface area contributed by atoms with Crippen molar-refractivity contribution in [2.24, 2.45) is 5.92 Å². The van der Waals surface area contributed by atoms with Crippen molar-refractivity contribution >= 4 is 21.5 Å². The Morgan fingerprint density at radius 3 is 1.95 bits per heavy atom. The fourth-order valence-corrected chi connectivity index (χ4v) is 2.52. The molecule has 3 rings (SSSR count). The van der Waals surface area contributed by atoms with Crippen LogP contribution in [-0.4, -0.2) is 6.61 Å². The Balaban J connectivity index is 2.12. The van der Waals surface area contributed by atoms with E-state index in [2.05, 4.69) is 68.4 Å². The maximum atomic E-state index is 6.14. The summed E-state index contributed by atoms with van der Waals surface area (Å²) >= 11 is 0. The highest BCUT2D eigenvalue weighted by atomic mass is 16.5. The van der Waals surface area contributed by atoms with E-state index in [1.807, 2.05) is 0 Å². The summed E-state index contributed by atoms with van der Waals surface area (Å²) in [4.78, 5) is 0. The molecule has 0 fully saturated rings. The Labute approximate surface area is 120 Å². The third kappa shape index (κ3) is 2.49. The van der Waals surface area contributed by atoms with Crippen molar-refractivity contribution in [3.05, 3.63) is 54.6 Å². The maximum Gasteiger partial charge on any atom is 0.134 e. The van der Waals surface area contributed by atoms with Gasteiger partial charge >= 0.3 is 0 Å². The molecule has 0 amide bonds. The minimum absolute atomic E-state index is 0.663. The van der Waals surface area contributed by atoms with Crippen molar-refractivity contribution in [3.63, 3.8) is 0 Å². The molecule has 0 N–H and O–H groups in total. The van der Waals surface area contributed by atoms with Gasteiger partial charge in [-0.25, -0.2) is 0 Å². The monoisotopic (exact) mass is 264 g/mol. The fourth-order valence-electron chi connectivity index (χ4n) is 2.52. The molecule has 0 aliphatic carbocycles. The summed E-state index contributed by atoms with van der Waals surface area (Å²) in [5.74, 6) is 1.69. The van der Waals surface area contributed by atoms with Crippen molar-refractivity contribution in [2.75, 3.05) is 6.61 Å². The van der Waals surface area contributed by atoms with Gasteiger partial charge in [0.15, 0.2) is 0 Å². The molecule has 20 heavy (non-hydrogen) atoms. The first-order valence-electron chi connectivity index (χ1n) is 7.29. The van der Waals surface area contributed by atoms with Crippen molar-refractivity contribution in [1.82, 2.24) is 0 Å². The molecule has 0 aromatic heterocycles. The molecular weight excluding hydrogens is 244 g/mol. The third-order valence-corrected chi connectivity index (χ3v) is 3.66. The first-order chi connectivity index (χ1) is 9.75. The van der Waals surface area contributed by atoms with Crippen LogP contribution in [0.2, 0.25) is 0 Å². The van der Waals surface area contributed by atoms with Gasteiger partial charge in [0, 0.05) is 10.8 Å². The van der Waals surface area contributed by atoms with E-state index in [0.29, 0.717) is 5.92 Å². The summed E-state index contributed by atoms with van der Waals surface area (Å²) in [6, 6.07) is 19.1. The van der Waals surface area contributed by atoms with Crippen molar-refractivity contribution < 1.29 is 4.74 Å². The van der Waals surface area contributed by atoms with Crippen molar-refractivity contribution in [3.8, 4) is 5.75 Å². The molecule has 0 atom stereocenters. The number of benzene rings is 3. The molecule has 0 saturated heterocycles. The highest BCUT2D eigenvalue weighted by Gasteiger charge is 2.08. The average molecular weight is 264 g/mol. The predicted octanol–water partition coefficient (Wildman–Crippen LogP) is 5.42. The lowest BCUT2D eigenvalue weighted by Crippen LogP contribution is -2.02. The molecule has 1 nitrogen and oxygen atoms in total. The predicted molar refractivity (Wildman–Crippen MR) is 86.4 cm³/mol. The van der Waals surface area contributed by atoms with Crippen LogP contribution in [0.5, 0.6) is 5.75 Å². The number of ether oxygens (including phenoxy) is 1. The van der Waals surface area contributed by atoms with E-state index in [0.717, 1.165) is 18.8 Å². The number of hydrogen-bond donors (Lipinski definition) is 0. The SMILES string of the molecule is CC(C)CCOc1c2ccccc2cc2ccccc12. The van der Waals surface area contributed by atoms with Gasteiger partial charge in [-0.15, -0.1) is 0 Å². The Bertz CT molecular complexity index is 674. The zero-order valence-electron chi connectivity index (χ0n) is 12.1. The van der Waals surface area contributed by atoms with Crippen LogP contribution in [0.3, 0.4) is 0 Å². The van der Waals surface area contributed by atoms with E-state index >= 15 is 0 Å². The normalized spacial score (nSPS) is 11.3. The summed E-state index contributed by atoms with van der Waals surface area (Å²) in [5, 5.41) is 4.89. The van der Waals surface area contributed by atoms with Gasteiger partial charge in [-0.3, -0.25) is 0 Å². The standard InChI is InChI=1S/C19H20O/c1-14(2)11-12-20-19-17-9-5-3-7-15(17)13-16-8-4-6-10-18(16)19/h3-10,13-14H,11-12H2,1-2H3. The smallest absolute Gasteiger partial charge is 0.134 e. The van der Waals surface area contributed by atoms with Gasteiger partial charge in [0.1, 0.15) is 5.75 Å². The van der Waals surface area contributed by atoms with Crippen molar-refractivity contribution in [2.45, 2.75) is 20.3 Å². The molecule has 0 aliphatic heterocycles. The molecule has 0 saturated carbocycles. The minimum atomic E-state index is 0.663. The molecule has 102 valence electrons. The lowest BCUT2D eigenvalue weighted by atomic mass is 10.0. The van der Waals surface area contributed by atoms with Gasteiger partial charge in [-0.2, -0.15) is 0 Å². The number of rotatable bonds is 4. The number of hydrogen-bond acceptors (Lipinski definition) is 1. The molecule has 3 aromatic rings. The Morgan fingerprint density at radius 1 is 0.850 bits per heavy atom. The summed E-state index contributed by atoms with van der Waals surface area (Å²) in [6.45, 7) is 5.23. The van der Waals surface area contributed by atoms with Crippen LogP contribution in [0.25, 0.3) is 21.5 Å². The lowest BCUT2D eigenvalue weighted by Gasteiger charge is -2.14. The largest absolute Gasteiger partial charge is 0.492 e. The molecule has 0 spiro atoms. The second-order valence-electron chi connectivity index (χ2n) is 5.68. The van der Waals surface area contributed by atoms with Gasteiger partial charge in [-0.1, -0.05) is 62.4 Å². The molecule has 0 bridgehead atoms. The summed E-state index contributed by atoms with van der Waals surface area (Å²) in [5.41, 5.74) is 0. The second-order valence-corrected chi connectivity index (χ2v) is 5.68. The van der Waals surface area contributed by atoms with Gasteiger partial charge in [0.2, 0.25) is 0 Å². The Kier molecular flexibility index (Phi) is 3.60. The van der Waals surface area contributed by atoms with E-state index in [-0.39, 0.29) is 0 Å². The molecule has 0 heterocycles. The first kappa shape index (κ1) is 13.0. The maximum absolute atomic E-state index is 6.14. The summed E-state index contributed by atoms with van der Waals surface area (Å²) < 4.78 is 6.14. The van der Waals surface area contributed by atoms with Crippen LogP contribution in [0.4, 0.5) is 0 Å². The van der Waals surface area contributed by atoms with E-state index in [4.69, 9.17) is 4.74 Å². The molecule has 0 radical (unpaired) electrons. The second kappa shape index (κ2) is 5.54. The molecular formula is C19H20O. The first-order valence-corrected chi connectivity index (χ1v) is 7.29. The minimum Gasteiger partial charge on any atom is -0.492 e. The zero-order chi connectivity index (χ0) is 13.9. The van der Waals surface area contributed by atoms with E-state index in [1.54, 1.807) is 0 Å². The van der Waals surface area contributed by atoms with Gasteiger partial charge in [0.05, 0.1) is 6.61 Å². The quantitative estimate of drug-likeness (QED) is 0.572. The molecule has 0 aliphatic rings. The number of fused-ring (bicyclic) bond motifs is 2. The topological polar surface area (TPSA) is 9.23 Å². The zero-order valence-corrected chi connectivity index (χ0v) is 12.1. The third-order valence-electron chi connectivity index (χ3n) is 3.66. The highest BCUT2D eigenvalue weighted by Crippen LogP contribution is 2.34. The van der Waals surface area contributed by atoms with E-state index in [1.165, 1.54) is 21.5 Å². The fraction of sp³-hybridized carbons (Fsp3) is 0.263. The van der Waals surface area contributed by atoms with Gasteiger partial charge < -0.3 is 4.74 Å². The van der Waals surface area contributed by atoms with Crippen LogP contribution in [0.1, 0.15) is 20.3 Å². The van der Waals surface area contributed by atoms with Gasteiger partial charge in [0.25, 0.3) is 0 Å². The van der Waals surface area contributed by atoms with Crippen LogP contribution in [0.15, 0.2) is 54.6 Å². The molecule has 0 unspecified atom stereocenters. The van der Waals surface area contributed by atoms with Crippen LogP contribution in [-0.2, 0) is 0 Å². The van der Waals surface area contributed by atoms with E-state index in [9.17, 15) is 0 Å². The van der Waals surface area contributed by atoms with E-state index < -0.39 is 0 Å². The highest BCUT2D eigenvalue weighted by molar-refractivity contribution is 6.05. The Hall–Kier alpha value is -2.02. The summed E-state index contributed by atoms with van der Waals surface area (Å²) in [7, 11) is 0. The lowest BCUT2D eigenvalue weighted by molar-refractivity contribution is 0.295. The van der Waals surface area contributed by atoms with Crippen LogP contribution < -0.4 is 4.74 Å². The summed E-state index contributed by atoms with van der Waals surface area (Å²) in [6.07, 6.45) is 1.08. The average Bonchev–Trinajstić information content (AvgIpc) is 2.46. The molecule has 3 aromatic carbocycles. The Morgan fingerprint density at radius 2 is 1.40 bits per heavy atom. The molecule has 1 heteroatoms. The van der Waals surface area contributed by atoms with Crippen LogP contribution >= 0.6 is 0 Å². The van der Waals surface area contributed by atoms with Gasteiger partial charge in [-0.05, 0) is 29.2 Å². The van der Waals surface area contributed by atoms with Crippen molar-refractivity contribution in [1.29, 1.82) is 0 Å². The van der Waals surface area contributed by atoms with Crippen LogP contribution in [0, 0.1) is 5.92 Å².